The van der Waals surface area contributed by atoms with Crippen molar-refractivity contribution in [3.8, 4) is 17.0 Å². The molecule has 2 bridgehead atoms. The highest BCUT2D eigenvalue weighted by Crippen LogP contribution is 2.42. The highest BCUT2D eigenvalue weighted by molar-refractivity contribution is 6.33. The lowest BCUT2D eigenvalue weighted by Gasteiger charge is -2.35. The highest BCUT2D eigenvalue weighted by Gasteiger charge is 2.44. The van der Waals surface area contributed by atoms with Crippen molar-refractivity contribution in [3.63, 3.8) is 0 Å². The van der Waals surface area contributed by atoms with E-state index in [2.05, 4.69) is 20.5 Å². The van der Waals surface area contributed by atoms with Crippen molar-refractivity contribution in [1.29, 1.82) is 0 Å². The third-order valence-electron chi connectivity index (χ3n) is 6.67. The summed E-state index contributed by atoms with van der Waals surface area (Å²) in [7, 11) is 0. The Kier molecular flexibility index (Phi) is 5.42. The standard InChI is InChI=1S/C24H21ClFN5O4/c25-17-8-19(18(26)7-16(17)12-1-4-22(27-9-12)35-15-10-34-11-15)28-24(33)31-14-2-3-20(31)23-13(5-14)6-21(32)29-30-23/h1,4,6-9,14-15,20H,2-3,5,10-11H2,(H,28,33)(H,29,32)/t14-,20+/m0/s1. The number of halogens is 2. The number of pyridine rings is 1. The van der Waals surface area contributed by atoms with Gasteiger partial charge in [-0.25, -0.2) is 19.3 Å². The van der Waals surface area contributed by atoms with Crippen LogP contribution >= 0.6 is 11.6 Å². The fourth-order valence-electron chi connectivity index (χ4n) is 4.92. The van der Waals surface area contributed by atoms with Crippen LogP contribution in [-0.4, -0.2) is 51.5 Å². The molecule has 2 aromatic heterocycles. The van der Waals surface area contributed by atoms with Crippen molar-refractivity contribution in [2.45, 2.75) is 37.5 Å². The number of H-pyrrole nitrogens is 1. The average Bonchev–Trinajstić information content (AvgIpc) is 3.14. The summed E-state index contributed by atoms with van der Waals surface area (Å²) in [5, 5.41) is 9.56. The number of benzene rings is 1. The van der Waals surface area contributed by atoms with Gasteiger partial charge in [-0.05, 0) is 43.0 Å². The fourth-order valence-corrected chi connectivity index (χ4v) is 5.20. The van der Waals surface area contributed by atoms with Gasteiger partial charge in [-0.1, -0.05) is 11.6 Å². The Balaban J connectivity index is 1.20. The van der Waals surface area contributed by atoms with Crippen LogP contribution in [-0.2, 0) is 11.2 Å². The number of ether oxygens (including phenoxy) is 2. The predicted octanol–water partition coefficient (Wildman–Crippen LogP) is 3.70. The van der Waals surface area contributed by atoms with Crippen LogP contribution in [0.2, 0.25) is 5.02 Å². The van der Waals surface area contributed by atoms with E-state index in [-0.39, 0.29) is 34.5 Å². The molecule has 2 atom stereocenters. The molecule has 0 unspecified atom stereocenters. The van der Waals surface area contributed by atoms with E-state index in [1.54, 1.807) is 23.2 Å². The van der Waals surface area contributed by atoms with E-state index in [1.807, 2.05) is 0 Å². The van der Waals surface area contributed by atoms with E-state index >= 15 is 4.39 Å². The molecular formula is C24H21ClFN5O4. The molecular weight excluding hydrogens is 477 g/mol. The molecule has 2 N–H and O–H groups in total. The summed E-state index contributed by atoms with van der Waals surface area (Å²) in [5.74, 6) is -0.157. The minimum atomic E-state index is -0.614. The van der Waals surface area contributed by atoms with Crippen LogP contribution in [0.3, 0.4) is 0 Å². The number of urea groups is 1. The summed E-state index contributed by atoms with van der Waals surface area (Å²) in [4.78, 5) is 30.7. The molecule has 3 aliphatic heterocycles. The van der Waals surface area contributed by atoms with Gasteiger partial charge in [-0.2, -0.15) is 5.10 Å². The number of aromatic nitrogens is 3. The van der Waals surface area contributed by atoms with Gasteiger partial charge in [-0.3, -0.25) is 4.79 Å². The number of hydrogen-bond acceptors (Lipinski definition) is 6. The smallest absolute Gasteiger partial charge is 0.322 e. The number of amides is 2. The lowest BCUT2D eigenvalue weighted by Crippen LogP contribution is -2.45. The van der Waals surface area contributed by atoms with Crippen molar-refractivity contribution in [2.75, 3.05) is 18.5 Å². The Hall–Kier alpha value is -3.50. The zero-order valence-corrected chi connectivity index (χ0v) is 19.2. The molecule has 35 heavy (non-hydrogen) atoms. The van der Waals surface area contributed by atoms with E-state index in [0.717, 1.165) is 18.4 Å². The van der Waals surface area contributed by atoms with Crippen molar-refractivity contribution in [1.82, 2.24) is 20.1 Å². The number of aromatic amines is 1. The Bertz CT molecular complexity index is 1360. The van der Waals surface area contributed by atoms with Crippen LogP contribution in [0.1, 0.15) is 30.1 Å². The Morgan fingerprint density at radius 2 is 2.11 bits per heavy atom. The molecule has 0 radical (unpaired) electrons. The second kappa shape index (κ2) is 8.62. The second-order valence-electron chi connectivity index (χ2n) is 8.91. The largest absolute Gasteiger partial charge is 0.469 e. The molecule has 5 heterocycles. The van der Waals surface area contributed by atoms with Crippen LogP contribution in [0.15, 0.2) is 41.3 Å². The highest BCUT2D eigenvalue weighted by atomic mass is 35.5. The van der Waals surface area contributed by atoms with Crippen LogP contribution in [0, 0.1) is 5.82 Å². The molecule has 3 aliphatic rings. The van der Waals surface area contributed by atoms with Gasteiger partial charge in [0.2, 0.25) is 5.88 Å². The van der Waals surface area contributed by atoms with Gasteiger partial charge < -0.3 is 19.7 Å². The number of hydrogen-bond donors (Lipinski definition) is 2. The first-order valence-electron chi connectivity index (χ1n) is 11.3. The first-order chi connectivity index (χ1) is 17.0. The third-order valence-corrected chi connectivity index (χ3v) is 6.98. The number of nitrogens with one attached hydrogen (secondary N) is 2. The Labute approximate surface area is 204 Å². The summed E-state index contributed by atoms with van der Waals surface area (Å²) in [6.07, 6.45) is 3.61. The summed E-state index contributed by atoms with van der Waals surface area (Å²) < 4.78 is 25.8. The number of carbonyl (C=O) groups is 1. The lowest BCUT2D eigenvalue weighted by molar-refractivity contribution is -0.0813. The predicted molar refractivity (Wildman–Crippen MR) is 125 cm³/mol. The minimum absolute atomic E-state index is 0.000955. The molecule has 2 amide bonds. The van der Waals surface area contributed by atoms with Crippen molar-refractivity contribution in [3.05, 3.63) is 69.0 Å². The summed E-state index contributed by atoms with van der Waals surface area (Å²) in [6, 6.07) is 6.89. The van der Waals surface area contributed by atoms with Gasteiger partial charge >= 0.3 is 6.03 Å². The van der Waals surface area contributed by atoms with E-state index in [9.17, 15) is 9.59 Å². The van der Waals surface area contributed by atoms with E-state index in [4.69, 9.17) is 21.1 Å². The van der Waals surface area contributed by atoms with Crippen LogP contribution < -0.4 is 15.6 Å². The maximum absolute atomic E-state index is 15.0. The van der Waals surface area contributed by atoms with Crippen LogP contribution in [0.25, 0.3) is 11.1 Å². The minimum Gasteiger partial charge on any atom is -0.469 e. The second-order valence-corrected chi connectivity index (χ2v) is 9.31. The fraction of sp³-hybridized carbons (Fsp3) is 0.333. The molecule has 2 fully saturated rings. The maximum atomic E-state index is 15.0. The molecule has 11 heteroatoms. The van der Waals surface area contributed by atoms with Gasteiger partial charge in [0.05, 0.1) is 35.7 Å². The summed E-state index contributed by atoms with van der Waals surface area (Å²) in [5.41, 5.74) is 2.34. The monoisotopic (exact) mass is 497 g/mol. The molecule has 2 saturated heterocycles. The summed E-state index contributed by atoms with van der Waals surface area (Å²) in [6.45, 7) is 1.07. The first-order valence-corrected chi connectivity index (χ1v) is 11.7. The number of fused-ring (bicyclic) bond motifs is 4. The molecule has 1 aromatic carbocycles. The SMILES string of the molecule is O=C(Nc1cc(Cl)c(-c2ccc(OC3COC3)nc2)cc1F)N1[C@H]2CC[C@@H]1c1n[nH]c(=O)cc1C2. The van der Waals surface area contributed by atoms with E-state index in [0.29, 0.717) is 42.3 Å². The van der Waals surface area contributed by atoms with E-state index < -0.39 is 11.8 Å². The first kappa shape index (κ1) is 22.0. The molecule has 0 aliphatic carbocycles. The van der Waals surface area contributed by atoms with Gasteiger partial charge in [-0.15, -0.1) is 0 Å². The van der Waals surface area contributed by atoms with Crippen molar-refractivity contribution < 1.29 is 18.7 Å². The van der Waals surface area contributed by atoms with Gasteiger partial charge in [0.1, 0.15) is 11.9 Å². The summed E-state index contributed by atoms with van der Waals surface area (Å²) >= 11 is 6.46. The molecule has 6 rings (SSSR count). The zero-order valence-electron chi connectivity index (χ0n) is 18.5. The van der Waals surface area contributed by atoms with Gasteiger partial charge in [0, 0.05) is 35.5 Å². The molecule has 180 valence electrons. The van der Waals surface area contributed by atoms with Crippen molar-refractivity contribution in [2.24, 2.45) is 0 Å². The van der Waals surface area contributed by atoms with Crippen LogP contribution in [0.4, 0.5) is 14.9 Å². The van der Waals surface area contributed by atoms with Gasteiger partial charge in [0.15, 0.2) is 0 Å². The van der Waals surface area contributed by atoms with E-state index in [1.165, 1.54) is 18.2 Å². The lowest BCUT2D eigenvalue weighted by atomic mass is 9.99. The normalized spacial score (nSPS) is 20.8. The topological polar surface area (TPSA) is 109 Å². The van der Waals surface area contributed by atoms with Crippen molar-refractivity contribution >= 4 is 23.3 Å². The Morgan fingerprint density at radius 1 is 1.26 bits per heavy atom. The van der Waals surface area contributed by atoms with Crippen LogP contribution in [0.5, 0.6) is 5.88 Å². The third kappa shape index (κ3) is 4.02. The molecule has 3 aromatic rings. The number of anilines is 1. The number of rotatable bonds is 4. The molecule has 0 spiro atoms. The quantitative estimate of drug-likeness (QED) is 0.569. The zero-order chi connectivity index (χ0) is 24.1. The Morgan fingerprint density at radius 3 is 2.86 bits per heavy atom. The number of nitrogens with zero attached hydrogens (tertiary/aromatic N) is 3. The molecule has 9 nitrogen and oxygen atoms in total. The number of carbonyl (C=O) groups excluding carboxylic acids is 1. The van der Waals surface area contributed by atoms with Gasteiger partial charge in [0.25, 0.3) is 5.56 Å². The average molecular weight is 498 g/mol. The molecule has 0 saturated carbocycles. The maximum Gasteiger partial charge on any atom is 0.322 e.